The summed E-state index contributed by atoms with van der Waals surface area (Å²) in [6, 6.07) is -0.214. The number of carbonyl (C=O) groups is 2. The number of halogens is 3. The van der Waals surface area contributed by atoms with Crippen LogP contribution < -0.4 is 5.32 Å². The van der Waals surface area contributed by atoms with Crippen molar-refractivity contribution in [2.45, 2.75) is 32.1 Å². The Labute approximate surface area is 125 Å². The number of amides is 2. The fourth-order valence-corrected chi connectivity index (χ4v) is 2.43. The van der Waals surface area contributed by atoms with Crippen LogP contribution in [0, 0.1) is 5.92 Å². The van der Waals surface area contributed by atoms with Gasteiger partial charge in [0.05, 0.1) is 12.2 Å². The quantitative estimate of drug-likeness (QED) is 0.873. The Morgan fingerprint density at radius 1 is 1.55 bits per heavy atom. The van der Waals surface area contributed by atoms with Crippen LogP contribution in [-0.4, -0.2) is 51.6 Å². The van der Waals surface area contributed by atoms with Gasteiger partial charge in [-0.15, -0.1) is 0 Å². The van der Waals surface area contributed by atoms with E-state index in [1.807, 2.05) is 0 Å². The molecule has 1 aliphatic rings. The first kappa shape index (κ1) is 16.3. The molecule has 122 valence electrons. The molecule has 1 aromatic heterocycles. The number of nitrogens with zero attached hydrogens (tertiary/aromatic N) is 3. The molecule has 0 bridgehead atoms. The highest BCUT2D eigenvalue weighted by molar-refractivity contribution is 5.89. The number of hydrogen-bond acceptors (Lipinski definition) is 3. The van der Waals surface area contributed by atoms with Crippen molar-refractivity contribution in [1.82, 2.24) is 19.8 Å². The molecule has 22 heavy (non-hydrogen) atoms. The predicted molar refractivity (Wildman–Crippen MR) is 70.6 cm³/mol. The number of hydrogen-bond donors (Lipinski definition) is 1. The highest BCUT2D eigenvalue weighted by Gasteiger charge is 2.40. The van der Waals surface area contributed by atoms with Crippen molar-refractivity contribution in [3.63, 3.8) is 0 Å². The third-order valence-electron chi connectivity index (χ3n) is 3.39. The van der Waals surface area contributed by atoms with Crippen LogP contribution >= 0.6 is 0 Å². The van der Waals surface area contributed by atoms with Crippen LogP contribution in [0.4, 0.5) is 13.2 Å². The smallest absolute Gasteiger partial charge is 0.352 e. The van der Waals surface area contributed by atoms with Crippen molar-refractivity contribution in [1.29, 1.82) is 0 Å². The van der Waals surface area contributed by atoms with Crippen molar-refractivity contribution in [3.8, 4) is 0 Å². The molecule has 2 rings (SSSR count). The fourth-order valence-electron chi connectivity index (χ4n) is 2.43. The minimum Gasteiger partial charge on any atom is -0.352 e. The Balaban J connectivity index is 1.84. The number of imidazole rings is 1. The summed E-state index contributed by atoms with van der Waals surface area (Å²) in [5.74, 6) is -1.77. The van der Waals surface area contributed by atoms with Crippen LogP contribution in [0.5, 0.6) is 0 Å². The average Bonchev–Trinajstić information content (AvgIpc) is 2.98. The zero-order chi connectivity index (χ0) is 16.3. The summed E-state index contributed by atoms with van der Waals surface area (Å²) in [5, 5.41) is 2.72. The second-order valence-electron chi connectivity index (χ2n) is 5.46. The molecule has 1 fully saturated rings. The normalized spacial score (nSPS) is 20.3. The van der Waals surface area contributed by atoms with Crippen LogP contribution in [0.25, 0.3) is 0 Å². The topological polar surface area (TPSA) is 67.2 Å². The number of alkyl halides is 3. The van der Waals surface area contributed by atoms with E-state index in [2.05, 4.69) is 10.3 Å². The van der Waals surface area contributed by atoms with Crippen molar-refractivity contribution in [2.24, 2.45) is 5.92 Å². The number of likely N-dealkylation sites (tertiary alicyclic amines) is 1. The van der Waals surface area contributed by atoms with E-state index in [0.29, 0.717) is 11.4 Å². The summed E-state index contributed by atoms with van der Waals surface area (Å²) in [7, 11) is 0. The monoisotopic (exact) mass is 318 g/mol. The highest BCUT2D eigenvalue weighted by atomic mass is 19.4. The average molecular weight is 318 g/mol. The van der Waals surface area contributed by atoms with Gasteiger partial charge >= 0.3 is 6.18 Å². The standard InChI is InChI=1S/C13H17F3N4O2/c1-9(5-19-3-2-17-8-19)18-12(22)10-4-11(21)20(6-10)7-13(14,15)16/h2-3,8-10H,4-7H2,1H3,(H,18,22)/t9-,10+/m1/s1. The number of carbonyl (C=O) groups excluding carboxylic acids is 2. The van der Waals surface area contributed by atoms with E-state index in [1.54, 1.807) is 30.2 Å². The lowest BCUT2D eigenvalue weighted by Crippen LogP contribution is -2.41. The lowest BCUT2D eigenvalue weighted by Gasteiger charge is -2.19. The molecular formula is C13H17F3N4O2. The van der Waals surface area contributed by atoms with Crippen LogP contribution in [0.3, 0.4) is 0 Å². The van der Waals surface area contributed by atoms with Crippen molar-refractivity contribution in [2.75, 3.05) is 13.1 Å². The molecule has 1 aromatic rings. The molecular weight excluding hydrogens is 301 g/mol. The van der Waals surface area contributed by atoms with Crippen molar-refractivity contribution < 1.29 is 22.8 Å². The van der Waals surface area contributed by atoms with Gasteiger partial charge in [0.15, 0.2) is 0 Å². The Hall–Kier alpha value is -2.06. The minimum absolute atomic E-state index is 0.181. The molecule has 0 saturated carbocycles. The highest BCUT2D eigenvalue weighted by Crippen LogP contribution is 2.24. The van der Waals surface area contributed by atoms with Gasteiger partial charge < -0.3 is 14.8 Å². The van der Waals surface area contributed by atoms with Gasteiger partial charge in [-0.1, -0.05) is 0 Å². The Kier molecular flexibility index (Phi) is 4.72. The maximum Gasteiger partial charge on any atom is 0.406 e. The summed E-state index contributed by atoms with van der Waals surface area (Å²) in [6.45, 7) is 0.781. The van der Waals surface area contributed by atoms with E-state index in [9.17, 15) is 22.8 Å². The summed E-state index contributed by atoms with van der Waals surface area (Å²) in [5.41, 5.74) is 0. The fraction of sp³-hybridized carbons (Fsp3) is 0.615. The molecule has 1 aliphatic heterocycles. The van der Waals surface area contributed by atoms with Gasteiger partial charge in [0.2, 0.25) is 11.8 Å². The van der Waals surface area contributed by atoms with E-state index >= 15 is 0 Å². The first-order valence-electron chi connectivity index (χ1n) is 6.85. The lowest BCUT2D eigenvalue weighted by atomic mass is 10.1. The first-order chi connectivity index (χ1) is 10.2. The van der Waals surface area contributed by atoms with Gasteiger partial charge in [-0.05, 0) is 6.92 Å². The van der Waals surface area contributed by atoms with Crippen LogP contribution in [0.2, 0.25) is 0 Å². The summed E-state index contributed by atoms with van der Waals surface area (Å²) in [6.07, 6.45) is 0.328. The zero-order valence-corrected chi connectivity index (χ0v) is 12.0. The van der Waals surface area contributed by atoms with Crippen molar-refractivity contribution >= 4 is 11.8 Å². The molecule has 2 heterocycles. The van der Waals surface area contributed by atoms with Crippen LogP contribution in [0.15, 0.2) is 18.7 Å². The molecule has 1 saturated heterocycles. The van der Waals surface area contributed by atoms with Crippen LogP contribution in [-0.2, 0) is 16.1 Å². The number of aromatic nitrogens is 2. The second-order valence-corrected chi connectivity index (χ2v) is 5.46. The molecule has 9 heteroatoms. The summed E-state index contributed by atoms with van der Waals surface area (Å²) in [4.78, 5) is 28.2. The Morgan fingerprint density at radius 3 is 2.86 bits per heavy atom. The molecule has 6 nitrogen and oxygen atoms in total. The van der Waals surface area contributed by atoms with E-state index in [-0.39, 0.29) is 19.0 Å². The van der Waals surface area contributed by atoms with E-state index < -0.39 is 30.5 Å². The molecule has 2 atom stereocenters. The maximum absolute atomic E-state index is 12.3. The van der Waals surface area contributed by atoms with Gasteiger partial charge in [-0.3, -0.25) is 9.59 Å². The maximum atomic E-state index is 12.3. The zero-order valence-electron chi connectivity index (χ0n) is 12.0. The Bertz CT molecular complexity index is 530. The molecule has 1 N–H and O–H groups in total. The van der Waals surface area contributed by atoms with Crippen molar-refractivity contribution in [3.05, 3.63) is 18.7 Å². The largest absolute Gasteiger partial charge is 0.406 e. The molecule has 0 unspecified atom stereocenters. The van der Waals surface area contributed by atoms with Crippen LogP contribution in [0.1, 0.15) is 13.3 Å². The molecule has 0 aromatic carbocycles. The van der Waals surface area contributed by atoms with Gasteiger partial charge in [-0.25, -0.2) is 4.98 Å². The summed E-state index contributed by atoms with van der Waals surface area (Å²) < 4.78 is 38.8. The SMILES string of the molecule is C[C@H](Cn1ccnc1)NC(=O)[C@H]1CC(=O)N(CC(F)(F)F)C1. The van der Waals surface area contributed by atoms with E-state index in [0.717, 1.165) is 0 Å². The number of nitrogens with one attached hydrogen (secondary N) is 1. The molecule has 2 amide bonds. The molecule has 0 radical (unpaired) electrons. The van der Waals surface area contributed by atoms with Gasteiger partial charge in [-0.2, -0.15) is 13.2 Å². The molecule has 0 aliphatic carbocycles. The minimum atomic E-state index is -4.45. The molecule has 0 spiro atoms. The third kappa shape index (κ3) is 4.47. The summed E-state index contributed by atoms with van der Waals surface area (Å²) >= 11 is 0. The van der Waals surface area contributed by atoms with E-state index in [1.165, 1.54) is 0 Å². The Morgan fingerprint density at radius 2 is 2.27 bits per heavy atom. The number of rotatable bonds is 5. The third-order valence-corrected chi connectivity index (χ3v) is 3.39. The first-order valence-corrected chi connectivity index (χ1v) is 6.85. The predicted octanol–water partition coefficient (Wildman–Crippen LogP) is 0.799. The van der Waals surface area contributed by atoms with Gasteiger partial charge in [0.25, 0.3) is 0 Å². The van der Waals surface area contributed by atoms with Gasteiger partial charge in [0, 0.05) is 37.9 Å². The van der Waals surface area contributed by atoms with Gasteiger partial charge in [0.1, 0.15) is 6.54 Å². The van der Waals surface area contributed by atoms with E-state index in [4.69, 9.17) is 0 Å². The lowest BCUT2D eigenvalue weighted by molar-refractivity contribution is -0.157. The second kappa shape index (κ2) is 6.37.